The molecule has 0 amide bonds. The van der Waals surface area contributed by atoms with E-state index in [-0.39, 0.29) is 0 Å². The highest BCUT2D eigenvalue weighted by atomic mass is 31.1. The van der Waals surface area contributed by atoms with Crippen molar-refractivity contribution < 1.29 is 0 Å². The third-order valence-electron chi connectivity index (χ3n) is 2.37. The lowest BCUT2D eigenvalue weighted by atomic mass is 9.89. The highest BCUT2D eigenvalue weighted by molar-refractivity contribution is 7.43. The summed E-state index contributed by atoms with van der Waals surface area (Å²) in [6.07, 6.45) is 4.71. The first kappa shape index (κ1) is 11.0. The summed E-state index contributed by atoms with van der Waals surface area (Å²) in [5.74, 6) is 0. The summed E-state index contributed by atoms with van der Waals surface area (Å²) in [4.78, 5) is 0. The average molecular weight is 196 g/mol. The fourth-order valence-electron chi connectivity index (χ4n) is 1.34. The Morgan fingerprint density at radius 3 is 1.85 bits per heavy atom. The van der Waals surface area contributed by atoms with Gasteiger partial charge in [0.05, 0.1) is 0 Å². The summed E-state index contributed by atoms with van der Waals surface area (Å²) in [6.45, 7) is 13.8. The molecule has 0 saturated carbocycles. The molecular formula is C12H21P. The van der Waals surface area contributed by atoms with Gasteiger partial charge in [0.1, 0.15) is 0 Å². The van der Waals surface area contributed by atoms with Crippen LogP contribution in [-0.2, 0) is 0 Å². The van der Waals surface area contributed by atoms with E-state index in [1.165, 1.54) is 8.20 Å². The summed E-state index contributed by atoms with van der Waals surface area (Å²) in [6, 6.07) is 0. The van der Waals surface area contributed by atoms with Crippen molar-refractivity contribution in [1.29, 1.82) is 0 Å². The molecule has 0 saturated heterocycles. The Hall–Kier alpha value is -0.0900. The summed E-state index contributed by atoms with van der Waals surface area (Å²) in [5, 5.41) is 1.58. The molecular weight excluding hydrogens is 175 g/mol. The van der Waals surface area contributed by atoms with E-state index in [4.69, 9.17) is 0 Å². The van der Waals surface area contributed by atoms with Crippen molar-refractivity contribution >= 4 is 13.5 Å². The lowest BCUT2D eigenvalue weighted by Gasteiger charge is -2.24. The molecule has 0 aliphatic carbocycles. The fraction of sp³-hybridized carbons (Fsp3) is 0.750. The normalized spacial score (nSPS) is 24.8. The third kappa shape index (κ3) is 2.68. The van der Waals surface area contributed by atoms with E-state index >= 15 is 0 Å². The monoisotopic (exact) mass is 196 g/mol. The van der Waals surface area contributed by atoms with E-state index in [0.29, 0.717) is 16.5 Å². The predicted molar refractivity (Wildman–Crippen MR) is 63.8 cm³/mol. The lowest BCUT2D eigenvalue weighted by Crippen LogP contribution is -2.18. The van der Waals surface area contributed by atoms with Crippen LogP contribution in [0.25, 0.3) is 0 Å². The molecule has 0 fully saturated rings. The first-order valence-electron chi connectivity index (χ1n) is 4.98. The molecule has 0 aromatic carbocycles. The van der Waals surface area contributed by atoms with Crippen molar-refractivity contribution in [2.75, 3.05) is 0 Å². The molecule has 1 aliphatic rings. The second-order valence-electron chi connectivity index (χ2n) is 5.93. The molecule has 0 radical (unpaired) electrons. The quantitative estimate of drug-likeness (QED) is 0.511. The van der Waals surface area contributed by atoms with Gasteiger partial charge in [-0.1, -0.05) is 61.9 Å². The Kier molecular flexibility index (Phi) is 2.74. The minimum absolute atomic E-state index is 0.345. The van der Waals surface area contributed by atoms with Crippen molar-refractivity contribution in [3.63, 3.8) is 0 Å². The minimum atomic E-state index is 0.345. The largest absolute Gasteiger partial charge is 0.0923 e. The molecule has 1 aliphatic heterocycles. The van der Waals surface area contributed by atoms with Crippen LogP contribution >= 0.6 is 8.20 Å². The first-order chi connectivity index (χ1) is 5.71. The Morgan fingerprint density at radius 1 is 1.08 bits per heavy atom. The molecule has 1 rings (SSSR count). The topological polar surface area (TPSA) is 0 Å². The Balaban J connectivity index is 2.84. The van der Waals surface area contributed by atoms with Gasteiger partial charge in [0.25, 0.3) is 0 Å². The highest BCUT2D eigenvalue weighted by Gasteiger charge is 2.27. The van der Waals surface area contributed by atoms with Gasteiger partial charge in [0, 0.05) is 5.66 Å². The zero-order valence-corrected chi connectivity index (χ0v) is 10.6. The SMILES string of the molecule is CC(C)(C)C1=PC(C(C)(C)C)C=C1. The van der Waals surface area contributed by atoms with Gasteiger partial charge in [-0.15, -0.1) is 0 Å². The zero-order valence-electron chi connectivity index (χ0n) is 9.68. The molecule has 74 valence electrons. The van der Waals surface area contributed by atoms with Crippen LogP contribution in [0.3, 0.4) is 0 Å². The second-order valence-corrected chi connectivity index (χ2v) is 7.23. The van der Waals surface area contributed by atoms with Gasteiger partial charge >= 0.3 is 0 Å². The van der Waals surface area contributed by atoms with Gasteiger partial charge in [0.2, 0.25) is 0 Å². The summed E-state index contributed by atoms with van der Waals surface area (Å²) in [5.41, 5.74) is 1.46. The number of allylic oxidation sites excluding steroid dienone is 2. The number of hydrogen-bond donors (Lipinski definition) is 0. The summed E-state index contributed by atoms with van der Waals surface area (Å²) < 4.78 is 0. The van der Waals surface area contributed by atoms with Crippen molar-refractivity contribution in [2.24, 2.45) is 10.8 Å². The molecule has 0 nitrogen and oxygen atoms in total. The maximum absolute atomic E-state index is 2.38. The first-order valence-corrected chi connectivity index (χ1v) is 5.94. The number of hydrogen-bond acceptors (Lipinski definition) is 0. The van der Waals surface area contributed by atoms with Crippen molar-refractivity contribution in [1.82, 2.24) is 0 Å². The molecule has 1 heterocycles. The van der Waals surface area contributed by atoms with Crippen LogP contribution in [0.15, 0.2) is 12.2 Å². The van der Waals surface area contributed by atoms with E-state index in [2.05, 4.69) is 53.7 Å². The van der Waals surface area contributed by atoms with Gasteiger partial charge < -0.3 is 0 Å². The fourth-order valence-corrected chi connectivity index (χ4v) is 2.76. The van der Waals surface area contributed by atoms with Gasteiger partial charge in [0.15, 0.2) is 0 Å². The van der Waals surface area contributed by atoms with Crippen molar-refractivity contribution in [3.8, 4) is 0 Å². The Labute approximate surface area is 84.2 Å². The van der Waals surface area contributed by atoms with E-state index in [0.717, 1.165) is 0 Å². The van der Waals surface area contributed by atoms with Gasteiger partial charge in [-0.05, 0) is 16.1 Å². The Morgan fingerprint density at radius 2 is 1.62 bits per heavy atom. The molecule has 0 bridgehead atoms. The second kappa shape index (κ2) is 3.24. The van der Waals surface area contributed by atoms with Crippen LogP contribution in [-0.4, -0.2) is 11.0 Å². The van der Waals surface area contributed by atoms with E-state index in [9.17, 15) is 0 Å². The smallest absolute Gasteiger partial charge is 0.0243 e. The van der Waals surface area contributed by atoms with E-state index < -0.39 is 0 Å². The minimum Gasteiger partial charge on any atom is -0.0923 e. The molecule has 0 aromatic heterocycles. The number of rotatable bonds is 0. The molecule has 1 heteroatoms. The van der Waals surface area contributed by atoms with Gasteiger partial charge in [-0.25, -0.2) is 0 Å². The molecule has 1 unspecified atom stereocenters. The molecule has 1 atom stereocenters. The molecule has 13 heavy (non-hydrogen) atoms. The average Bonchev–Trinajstić information content (AvgIpc) is 2.28. The van der Waals surface area contributed by atoms with Crippen LogP contribution in [0.2, 0.25) is 0 Å². The van der Waals surface area contributed by atoms with Crippen molar-refractivity contribution in [2.45, 2.75) is 47.2 Å². The van der Waals surface area contributed by atoms with Gasteiger partial charge in [-0.2, -0.15) is 0 Å². The zero-order chi connectivity index (χ0) is 10.3. The third-order valence-corrected chi connectivity index (χ3v) is 4.69. The maximum Gasteiger partial charge on any atom is 0.0243 e. The van der Waals surface area contributed by atoms with Crippen LogP contribution in [0.5, 0.6) is 0 Å². The standard InChI is InChI=1S/C12H21P/c1-11(2,3)9-7-8-10(13-9)12(4,5)6/h7-9H,1-6H3. The Bertz CT molecular complexity index is 245. The molecule has 0 spiro atoms. The van der Waals surface area contributed by atoms with Crippen molar-refractivity contribution in [3.05, 3.63) is 12.2 Å². The summed E-state index contributed by atoms with van der Waals surface area (Å²) in [7, 11) is 1.51. The van der Waals surface area contributed by atoms with E-state index in [1.54, 1.807) is 5.29 Å². The predicted octanol–water partition coefficient (Wildman–Crippen LogP) is 4.14. The summed E-state index contributed by atoms with van der Waals surface area (Å²) >= 11 is 0. The van der Waals surface area contributed by atoms with Crippen LogP contribution in [0.4, 0.5) is 0 Å². The lowest BCUT2D eigenvalue weighted by molar-refractivity contribution is 0.432. The maximum atomic E-state index is 2.38. The van der Waals surface area contributed by atoms with Gasteiger partial charge in [-0.3, -0.25) is 0 Å². The molecule has 0 aromatic rings. The van der Waals surface area contributed by atoms with Crippen LogP contribution in [0, 0.1) is 10.8 Å². The van der Waals surface area contributed by atoms with E-state index in [1.807, 2.05) is 0 Å². The van der Waals surface area contributed by atoms with Crippen LogP contribution < -0.4 is 0 Å². The molecule has 0 N–H and O–H groups in total. The highest BCUT2D eigenvalue weighted by Crippen LogP contribution is 2.39. The van der Waals surface area contributed by atoms with Crippen LogP contribution in [0.1, 0.15) is 41.5 Å².